The van der Waals surface area contributed by atoms with Crippen LogP contribution in [0.4, 0.5) is 10.1 Å². The van der Waals surface area contributed by atoms with Crippen LogP contribution in [0.25, 0.3) is 10.1 Å². The van der Waals surface area contributed by atoms with Gasteiger partial charge in [-0.25, -0.2) is 12.8 Å². The third-order valence-corrected chi connectivity index (χ3v) is 6.14. The van der Waals surface area contributed by atoms with E-state index < -0.39 is 21.6 Å². The summed E-state index contributed by atoms with van der Waals surface area (Å²) in [5.74, 6) is -1.32. The number of halogens is 2. The van der Waals surface area contributed by atoms with Crippen molar-refractivity contribution >= 4 is 54.5 Å². The van der Waals surface area contributed by atoms with Gasteiger partial charge in [-0.3, -0.25) is 4.79 Å². The molecule has 3 rings (SSSR count). The van der Waals surface area contributed by atoms with E-state index in [1.54, 1.807) is 12.1 Å². The van der Waals surface area contributed by atoms with Gasteiger partial charge in [-0.05, 0) is 24.3 Å². The van der Waals surface area contributed by atoms with Crippen LogP contribution in [0.3, 0.4) is 0 Å². The second-order valence-corrected chi connectivity index (χ2v) is 8.56. The molecule has 0 saturated carbocycles. The number of anilines is 1. The van der Waals surface area contributed by atoms with E-state index in [0.29, 0.717) is 0 Å². The van der Waals surface area contributed by atoms with Crippen LogP contribution in [0.5, 0.6) is 0 Å². The van der Waals surface area contributed by atoms with Crippen LogP contribution < -0.4 is 5.32 Å². The Bertz CT molecular complexity index is 1060. The van der Waals surface area contributed by atoms with E-state index in [-0.39, 0.29) is 20.5 Å². The van der Waals surface area contributed by atoms with Crippen molar-refractivity contribution < 1.29 is 17.6 Å². The molecule has 8 heteroatoms. The van der Waals surface area contributed by atoms with Gasteiger partial charge in [0.05, 0.1) is 15.6 Å². The van der Waals surface area contributed by atoms with Crippen molar-refractivity contribution in [2.45, 2.75) is 4.90 Å². The van der Waals surface area contributed by atoms with Gasteiger partial charge >= 0.3 is 0 Å². The minimum absolute atomic E-state index is 0.0818. The maximum absolute atomic E-state index is 13.9. The molecular weight excluding hydrogens is 373 g/mol. The number of carbonyl (C=O) groups excluding carboxylic acids is 1. The average Bonchev–Trinajstić information content (AvgIpc) is 2.86. The Kier molecular flexibility index (Phi) is 4.33. The SMILES string of the molecule is CS(=O)(=O)c1ccc(F)c(NC(=O)c2sc3ccccc3c2Cl)c1. The molecule has 0 aliphatic rings. The highest BCUT2D eigenvalue weighted by Gasteiger charge is 2.19. The topological polar surface area (TPSA) is 63.2 Å². The van der Waals surface area contributed by atoms with Crippen LogP contribution in [-0.2, 0) is 9.84 Å². The number of rotatable bonds is 3. The number of amides is 1. The van der Waals surface area contributed by atoms with Crippen molar-refractivity contribution in [3.05, 3.63) is 58.2 Å². The first-order valence-electron chi connectivity index (χ1n) is 6.75. The number of fused-ring (bicyclic) bond motifs is 1. The van der Waals surface area contributed by atoms with Crippen molar-refractivity contribution in [3.63, 3.8) is 0 Å². The van der Waals surface area contributed by atoms with Crippen molar-refractivity contribution in [3.8, 4) is 0 Å². The van der Waals surface area contributed by atoms with E-state index in [2.05, 4.69) is 5.32 Å². The van der Waals surface area contributed by atoms with E-state index in [1.807, 2.05) is 12.1 Å². The van der Waals surface area contributed by atoms with Gasteiger partial charge in [-0.15, -0.1) is 11.3 Å². The summed E-state index contributed by atoms with van der Waals surface area (Å²) in [6.45, 7) is 0. The molecule has 0 aliphatic carbocycles. The van der Waals surface area contributed by atoms with E-state index in [1.165, 1.54) is 11.3 Å². The van der Waals surface area contributed by atoms with Gasteiger partial charge in [0, 0.05) is 16.3 Å². The van der Waals surface area contributed by atoms with Gasteiger partial charge in [0.15, 0.2) is 9.84 Å². The predicted molar refractivity (Wildman–Crippen MR) is 94.3 cm³/mol. The van der Waals surface area contributed by atoms with Crippen molar-refractivity contribution in [2.24, 2.45) is 0 Å². The van der Waals surface area contributed by atoms with Gasteiger partial charge in [0.1, 0.15) is 10.7 Å². The second kappa shape index (κ2) is 6.16. The molecule has 1 aromatic heterocycles. The molecule has 0 aliphatic heterocycles. The van der Waals surface area contributed by atoms with Crippen LogP contribution in [0.2, 0.25) is 5.02 Å². The lowest BCUT2D eigenvalue weighted by atomic mass is 10.2. The number of sulfone groups is 1. The standard InChI is InChI=1S/C16H11ClFNO3S2/c1-24(21,22)9-6-7-11(18)12(8-9)19-16(20)15-14(17)10-4-2-3-5-13(10)23-15/h2-8H,1H3,(H,19,20). The van der Waals surface area contributed by atoms with Gasteiger partial charge in [0.25, 0.3) is 5.91 Å². The Morgan fingerprint density at radius 1 is 1.21 bits per heavy atom. The summed E-state index contributed by atoms with van der Waals surface area (Å²) < 4.78 is 37.9. The monoisotopic (exact) mass is 383 g/mol. The Morgan fingerprint density at radius 3 is 2.58 bits per heavy atom. The number of carbonyl (C=O) groups is 1. The molecule has 0 atom stereocenters. The Hall–Kier alpha value is -1.96. The maximum atomic E-state index is 13.9. The van der Waals surface area contributed by atoms with Gasteiger partial charge < -0.3 is 5.32 Å². The van der Waals surface area contributed by atoms with Crippen molar-refractivity contribution in [1.82, 2.24) is 0 Å². The lowest BCUT2D eigenvalue weighted by molar-refractivity contribution is 0.103. The molecule has 0 saturated heterocycles. The lowest BCUT2D eigenvalue weighted by Crippen LogP contribution is -2.12. The molecule has 0 fully saturated rings. The zero-order valence-electron chi connectivity index (χ0n) is 12.3. The highest BCUT2D eigenvalue weighted by atomic mass is 35.5. The first-order chi connectivity index (χ1) is 11.3. The largest absolute Gasteiger partial charge is 0.319 e. The number of benzene rings is 2. The summed E-state index contributed by atoms with van der Waals surface area (Å²) in [5.41, 5.74) is -0.212. The fourth-order valence-electron chi connectivity index (χ4n) is 2.17. The normalized spacial score (nSPS) is 11.6. The van der Waals surface area contributed by atoms with E-state index in [4.69, 9.17) is 11.6 Å². The molecule has 124 valence electrons. The van der Waals surface area contributed by atoms with Gasteiger partial charge in [0.2, 0.25) is 0 Å². The zero-order chi connectivity index (χ0) is 17.5. The minimum Gasteiger partial charge on any atom is -0.319 e. The third-order valence-electron chi connectivity index (χ3n) is 3.36. The van der Waals surface area contributed by atoms with Gasteiger partial charge in [-0.2, -0.15) is 0 Å². The molecule has 0 radical (unpaired) electrons. The van der Waals surface area contributed by atoms with E-state index in [9.17, 15) is 17.6 Å². The van der Waals surface area contributed by atoms with E-state index >= 15 is 0 Å². The first-order valence-corrected chi connectivity index (χ1v) is 9.84. The van der Waals surface area contributed by atoms with Crippen LogP contribution >= 0.6 is 22.9 Å². The van der Waals surface area contributed by atoms with Crippen LogP contribution in [0, 0.1) is 5.82 Å². The molecule has 2 aromatic carbocycles. The quantitative estimate of drug-likeness (QED) is 0.684. The third kappa shape index (κ3) is 3.15. The summed E-state index contributed by atoms with van der Waals surface area (Å²) in [4.78, 5) is 12.6. The molecule has 1 amide bonds. The summed E-state index contributed by atoms with van der Waals surface area (Å²) >= 11 is 7.40. The Balaban J connectivity index is 1.99. The smallest absolute Gasteiger partial charge is 0.267 e. The first kappa shape index (κ1) is 16.9. The molecule has 1 N–H and O–H groups in total. The summed E-state index contributed by atoms with van der Waals surface area (Å²) in [6.07, 6.45) is 1.01. The predicted octanol–water partition coefficient (Wildman–Crippen LogP) is 4.35. The molecule has 3 aromatic rings. The highest BCUT2D eigenvalue weighted by molar-refractivity contribution is 7.90. The fourth-order valence-corrected chi connectivity index (χ4v) is 4.23. The van der Waals surface area contributed by atoms with E-state index in [0.717, 1.165) is 34.5 Å². The maximum Gasteiger partial charge on any atom is 0.267 e. The molecule has 4 nitrogen and oxygen atoms in total. The van der Waals surface area contributed by atoms with Gasteiger partial charge in [-0.1, -0.05) is 29.8 Å². The molecule has 0 unspecified atom stereocenters. The molecule has 0 spiro atoms. The zero-order valence-corrected chi connectivity index (χ0v) is 14.7. The number of hydrogen-bond acceptors (Lipinski definition) is 4. The molecular formula is C16H11ClFNO3S2. The van der Waals surface area contributed by atoms with Crippen molar-refractivity contribution in [1.29, 1.82) is 0 Å². The van der Waals surface area contributed by atoms with Crippen LogP contribution in [0.1, 0.15) is 9.67 Å². The fraction of sp³-hybridized carbons (Fsp3) is 0.0625. The molecule has 0 bridgehead atoms. The summed E-state index contributed by atoms with van der Waals surface area (Å²) in [5, 5.41) is 3.41. The Morgan fingerprint density at radius 2 is 1.92 bits per heavy atom. The Labute approximate surface area is 146 Å². The van der Waals surface area contributed by atoms with Crippen LogP contribution in [0.15, 0.2) is 47.4 Å². The molecule has 24 heavy (non-hydrogen) atoms. The minimum atomic E-state index is -3.51. The number of hydrogen-bond donors (Lipinski definition) is 1. The van der Waals surface area contributed by atoms with Crippen LogP contribution in [-0.4, -0.2) is 20.6 Å². The summed E-state index contributed by atoms with van der Waals surface area (Å²) in [6, 6.07) is 10.5. The second-order valence-electron chi connectivity index (χ2n) is 5.11. The number of thiophene rings is 1. The number of nitrogens with one attached hydrogen (secondary N) is 1. The molecule has 1 heterocycles. The van der Waals surface area contributed by atoms with Crippen molar-refractivity contribution in [2.75, 3.05) is 11.6 Å². The summed E-state index contributed by atoms with van der Waals surface area (Å²) in [7, 11) is -3.51. The average molecular weight is 384 g/mol. The lowest BCUT2D eigenvalue weighted by Gasteiger charge is -2.07. The highest BCUT2D eigenvalue weighted by Crippen LogP contribution is 2.35.